The Balaban J connectivity index is 2.42. The molecule has 0 N–H and O–H groups in total. The van der Waals surface area contributed by atoms with Crippen molar-refractivity contribution in [2.24, 2.45) is 0 Å². The summed E-state index contributed by atoms with van der Waals surface area (Å²) < 4.78 is 21.0. The van der Waals surface area contributed by atoms with Crippen LogP contribution in [-0.2, 0) is 0 Å². The van der Waals surface area contributed by atoms with Crippen LogP contribution >= 0.6 is 15.9 Å². The molecule has 4 nitrogen and oxygen atoms in total. The number of halogens is 2. The van der Waals surface area contributed by atoms with E-state index in [9.17, 15) is 9.18 Å². The molecular weight excluding hydrogens is 315 g/mol. The Morgan fingerprint density at radius 1 is 1.42 bits per heavy atom. The first-order valence-electron chi connectivity index (χ1n) is 5.69. The predicted molar refractivity (Wildman–Crippen MR) is 73.1 cm³/mol. The van der Waals surface area contributed by atoms with Crippen LogP contribution in [0.25, 0.3) is 0 Å². The molecule has 0 aliphatic carbocycles. The molecule has 0 saturated carbocycles. The van der Waals surface area contributed by atoms with Gasteiger partial charge in [0, 0.05) is 22.9 Å². The average molecular weight is 327 g/mol. The van der Waals surface area contributed by atoms with Crippen LogP contribution in [0, 0.1) is 5.82 Å². The lowest BCUT2D eigenvalue weighted by atomic mass is 10.3. The van der Waals surface area contributed by atoms with Crippen molar-refractivity contribution in [1.29, 1.82) is 0 Å². The Morgan fingerprint density at radius 2 is 2.16 bits per heavy atom. The highest BCUT2D eigenvalue weighted by Gasteiger charge is 2.12. The second-order valence-corrected chi connectivity index (χ2v) is 5.13. The molecule has 2 aromatic rings. The lowest BCUT2D eigenvalue weighted by Crippen LogP contribution is -2.23. The third-order valence-corrected chi connectivity index (χ3v) is 2.99. The van der Waals surface area contributed by atoms with Gasteiger partial charge in [0.05, 0.1) is 0 Å². The highest BCUT2D eigenvalue weighted by Crippen LogP contribution is 2.25. The molecule has 19 heavy (non-hydrogen) atoms. The third kappa shape index (κ3) is 3.01. The van der Waals surface area contributed by atoms with Crippen molar-refractivity contribution in [3.63, 3.8) is 0 Å². The second-order valence-electron chi connectivity index (χ2n) is 4.22. The zero-order valence-electron chi connectivity index (χ0n) is 10.4. The molecule has 1 aromatic heterocycles. The van der Waals surface area contributed by atoms with Crippen LogP contribution < -0.4 is 10.3 Å². The topological polar surface area (TPSA) is 44.1 Å². The normalized spacial score (nSPS) is 10.8. The molecule has 0 radical (unpaired) electrons. The van der Waals surface area contributed by atoms with E-state index in [0.29, 0.717) is 4.47 Å². The Kier molecular flexibility index (Phi) is 3.99. The molecule has 0 spiro atoms. The maximum absolute atomic E-state index is 13.6. The quantitative estimate of drug-likeness (QED) is 0.866. The number of rotatable bonds is 3. The summed E-state index contributed by atoms with van der Waals surface area (Å²) in [7, 11) is 0. The molecule has 1 heterocycles. The van der Waals surface area contributed by atoms with Crippen LogP contribution in [-0.4, -0.2) is 9.55 Å². The SMILES string of the molecule is CC(C)n1ccnc(Oc2cc(Br)ccc2F)c1=O. The molecule has 0 unspecified atom stereocenters. The first-order valence-corrected chi connectivity index (χ1v) is 6.48. The lowest BCUT2D eigenvalue weighted by molar-refractivity contribution is 0.409. The van der Waals surface area contributed by atoms with Crippen LogP contribution in [0.3, 0.4) is 0 Å². The van der Waals surface area contributed by atoms with Gasteiger partial charge < -0.3 is 9.30 Å². The Morgan fingerprint density at radius 3 is 2.84 bits per heavy atom. The molecule has 0 amide bonds. The third-order valence-electron chi connectivity index (χ3n) is 2.49. The molecule has 100 valence electrons. The van der Waals surface area contributed by atoms with Gasteiger partial charge in [0.1, 0.15) is 0 Å². The van der Waals surface area contributed by atoms with Crippen LogP contribution in [0.2, 0.25) is 0 Å². The van der Waals surface area contributed by atoms with E-state index in [1.807, 2.05) is 13.8 Å². The second kappa shape index (κ2) is 5.52. The molecular formula is C13H12BrFN2O2. The Bertz CT molecular complexity index is 655. The number of nitrogens with zero attached hydrogens (tertiary/aromatic N) is 2. The summed E-state index contributed by atoms with van der Waals surface area (Å²) in [5.41, 5.74) is -0.392. The molecule has 1 aromatic carbocycles. The zero-order chi connectivity index (χ0) is 14.0. The Labute approximate surface area is 118 Å². The van der Waals surface area contributed by atoms with Gasteiger partial charge in [-0.25, -0.2) is 9.37 Å². The van der Waals surface area contributed by atoms with Crippen LogP contribution in [0.15, 0.2) is 39.9 Å². The Hall–Kier alpha value is -1.69. The number of hydrogen-bond donors (Lipinski definition) is 0. The highest BCUT2D eigenvalue weighted by molar-refractivity contribution is 9.10. The van der Waals surface area contributed by atoms with E-state index in [4.69, 9.17) is 4.74 Å². The number of ether oxygens (including phenoxy) is 1. The molecule has 0 bridgehead atoms. The standard InChI is InChI=1S/C13H12BrFN2O2/c1-8(2)17-6-5-16-12(13(17)18)19-11-7-9(14)3-4-10(11)15/h3-8H,1-2H3. The molecule has 6 heteroatoms. The fourth-order valence-corrected chi connectivity index (χ4v) is 1.88. The first kappa shape index (κ1) is 13.7. The largest absolute Gasteiger partial charge is 0.431 e. The summed E-state index contributed by atoms with van der Waals surface area (Å²) in [4.78, 5) is 15.9. The minimum Gasteiger partial charge on any atom is -0.431 e. The summed E-state index contributed by atoms with van der Waals surface area (Å²) in [5, 5.41) is 0. The van der Waals surface area contributed by atoms with Gasteiger partial charge >= 0.3 is 5.56 Å². The maximum Gasteiger partial charge on any atom is 0.313 e. The van der Waals surface area contributed by atoms with Gasteiger partial charge in [0.15, 0.2) is 11.6 Å². The van der Waals surface area contributed by atoms with Gasteiger partial charge in [-0.2, -0.15) is 0 Å². The van der Waals surface area contributed by atoms with Crippen molar-refractivity contribution in [2.45, 2.75) is 19.9 Å². The maximum atomic E-state index is 13.6. The number of aromatic nitrogens is 2. The highest BCUT2D eigenvalue weighted by atomic mass is 79.9. The molecule has 0 saturated heterocycles. The van der Waals surface area contributed by atoms with E-state index < -0.39 is 11.4 Å². The first-order chi connectivity index (χ1) is 8.99. The fourth-order valence-electron chi connectivity index (χ4n) is 1.54. The summed E-state index contributed by atoms with van der Waals surface area (Å²) in [6.07, 6.45) is 3.02. The van der Waals surface area contributed by atoms with Crippen LogP contribution in [0.5, 0.6) is 11.6 Å². The minimum atomic E-state index is -0.552. The molecule has 0 aliphatic rings. The van der Waals surface area contributed by atoms with Crippen LogP contribution in [0.1, 0.15) is 19.9 Å². The molecule has 0 fully saturated rings. The van der Waals surface area contributed by atoms with Crippen LogP contribution in [0.4, 0.5) is 4.39 Å². The molecule has 0 aliphatic heterocycles. The number of benzene rings is 1. The van der Waals surface area contributed by atoms with Gasteiger partial charge in [-0.3, -0.25) is 4.79 Å². The summed E-state index contributed by atoms with van der Waals surface area (Å²) >= 11 is 3.22. The van der Waals surface area contributed by atoms with E-state index in [1.165, 1.54) is 22.9 Å². The van der Waals surface area contributed by atoms with Gasteiger partial charge in [-0.05, 0) is 32.0 Å². The van der Waals surface area contributed by atoms with Crippen molar-refractivity contribution < 1.29 is 9.13 Å². The van der Waals surface area contributed by atoms with Crippen molar-refractivity contribution in [3.8, 4) is 11.6 Å². The smallest absolute Gasteiger partial charge is 0.313 e. The van der Waals surface area contributed by atoms with Gasteiger partial charge in [-0.15, -0.1) is 0 Å². The predicted octanol–water partition coefficient (Wildman–Crippen LogP) is 3.52. The fraction of sp³-hybridized carbons (Fsp3) is 0.231. The van der Waals surface area contributed by atoms with Gasteiger partial charge in [0.2, 0.25) is 0 Å². The van der Waals surface area contributed by atoms with Crippen molar-refractivity contribution >= 4 is 15.9 Å². The van der Waals surface area contributed by atoms with E-state index >= 15 is 0 Å². The summed E-state index contributed by atoms with van der Waals surface area (Å²) in [6.45, 7) is 3.73. The lowest BCUT2D eigenvalue weighted by Gasteiger charge is -2.11. The summed E-state index contributed by atoms with van der Waals surface area (Å²) in [6, 6.07) is 4.23. The van der Waals surface area contributed by atoms with E-state index in [1.54, 1.807) is 12.3 Å². The van der Waals surface area contributed by atoms with E-state index in [2.05, 4.69) is 20.9 Å². The van der Waals surface area contributed by atoms with Gasteiger partial charge in [-0.1, -0.05) is 15.9 Å². The summed E-state index contributed by atoms with van der Waals surface area (Å²) in [5.74, 6) is -0.738. The zero-order valence-corrected chi connectivity index (χ0v) is 12.0. The number of hydrogen-bond acceptors (Lipinski definition) is 3. The van der Waals surface area contributed by atoms with E-state index in [-0.39, 0.29) is 17.7 Å². The molecule has 0 atom stereocenters. The monoisotopic (exact) mass is 326 g/mol. The van der Waals surface area contributed by atoms with Gasteiger partial charge in [0.25, 0.3) is 5.88 Å². The molecule has 2 rings (SSSR count). The minimum absolute atomic E-state index is 0.0230. The van der Waals surface area contributed by atoms with E-state index in [0.717, 1.165) is 0 Å². The van der Waals surface area contributed by atoms with Crippen molar-refractivity contribution in [2.75, 3.05) is 0 Å². The van der Waals surface area contributed by atoms with Crippen molar-refractivity contribution in [3.05, 3.63) is 51.2 Å². The average Bonchev–Trinajstić information content (AvgIpc) is 2.36. The van der Waals surface area contributed by atoms with Crippen molar-refractivity contribution in [1.82, 2.24) is 9.55 Å².